The van der Waals surface area contributed by atoms with E-state index in [1.807, 2.05) is 17.9 Å². The number of rotatable bonds is 8. The van der Waals surface area contributed by atoms with Gasteiger partial charge in [-0.15, -0.1) is 0 Å². The Morgan fingerprint density at radius 1 is 1.48 bits per heavy atom. The van der Waals surface area contributed by atoms with Gasteiger partial charge < -0.3 is 15.8 Å². The molecule has 1 aromatic rings. The Morgan fingerprint density at radius 2 is 2.24 bits per heavy atom. The number of nitrogens with one attached hydrogen (secondary N) is 1. The second kappa shape index (κ2) is 8.95. The molecule has 0 aliphatic carbocycles. The Labute approximate surface area is 125 Å². The van der Waals surface area contributed by atoms with E-state index in [1.54, 1.807) is 19.2 Å². The van der Waals surface area contributed by atoms with E-state index in [0.29, 0.717) is 31.8 Å². The summed E-state index contributed by atoms with van der Waals surface area (Å²) < 4.78 is 5.01. The maximum atomic E-state index is 12.1. The number of carbonyl (C=O) groups is 1. The minimum Gasteiger partial charge on any atom is -0.399 e. The van der Waals surface area contributed by atoms with Crippen LogP contribution in [0.5, 0.6) is 0 Å². The molecule has 114 valence electrons. The number of nitrogens with two attached hydrogens (primary N) is 1. The van der Waals surface area contributed by atoms with Crippen molar-refractivity contribution in [3.63, 3.8) is 0 Å². The molecule has 6 nitrogen and oxygen atoms in total. The number of hydrogen-bond acceptors (Lipinski definition) is 5. The molecule has 1 amide bonds. The van der Waals surface area contributed by atoms with Gasteiger partial charge in [-0.1, -0.05) is 0 Å². The van der Waals surface area contributed by atoms with Crippen molar-refractivity contribution in [2.24, 2.45) is 0 Å². The molecular weight excluding hydrogens is 268 g/mol. The first-order chi connectivity index (χ1) is 10.1. The average molecular weight is 290 g/mol. The van der Waals surface area contributed by atoms with Gasteiger partial charge in [0.15, 0.2) is 0 Å². The van der Waals surface area contributed by atoms with Crippen molar-refractivity contribution in [3.8, 4) is 6.07 Å². The number of nitrogen functional groups attached to an aromatic ring is 1. The van der Waals surface area contributed by atoms with Crippen LogP contribution in [0.1, 0.15) is 12.0 Å². The van der Waals surface area contributed by atoms with Gasteiger partial charge >= 0.3 is 0 Å². The molecule has 0 unspecified atom stereocenters. The third-order valence-corrected chi connectivity index (χ3v) is 3.04. The number of aryl methyl sites for hydroxylation is 1. The molecule has 0 heterocycles. The van der Waals surface area contributed by atoms with Gasteiger partial charge in [0.2, 0.25) is 5.91 Å². The predicted molar refractivity (Wildman–Crippen MR) is 82.8 cm³/mol. The second-order valence-electron chi connectivity index (χ2n) is 4.80. The highest BCUT2D eigenvalue weighted by Crippen LogP contribution is 2.17. The summed E-state index contributed by atoms with van der Waals surface area (Å²) in [6.45, 7) is 3.82. The largest absolute Gasteiger partial charge is 0.399 e. The molecular formula is C15H22N4O2. The van der Waals surface area contributed by atoms with Crippen LogP contribution >= 0.6 is 0 Å². The van der Waals surface area contributed by atoms with Crippen LogP contribution in [0.15, 0.2) is 18.2 Å². The summed E-state index contributed by atoms with van der Waals surface area (Å²) in [6.07, 6.45) is 0.387. The van der Waals surface area contributed by atoms with Gasteiger partial charge in [0.05, 0.1) is 19.2 Å². The van der Waals surface area contributed by atoms with E-state index >= 15 is 0 Å². The van der Waals surface area contributed by atoms with Crippen molar-refractivity contribution in [3.05, 3.63) is 23.8 Å². The van der Waals surface area contributed by atoms with E-state index in [9.17, 15) is 4.79 Å². The number of amides is 1. The molecule has 0 aliphatic heterocycles. The van der Waals surface area contributed by atoms with Gasteiger partial charge in [0.25, 0.3) is 0 Å². The van der Waals surface area contributed by atoms with Crippen molar-refractivity contribution in [2.45, 2.75) is 13.3 Å². The Morgan fingerprint density at radius 3 is 2.86 bits per heavy atom. The molecule has 0 fully saturated rings. The molecule has 0 saturated carbocycles. The molecule has 3 N–H and O–H groups in total. The van der Waals surface area contributed by atoms with Crippen molar-refractivity contribution in [2.75, 3.05) is 44.4 Å². The standard InChI is InChI=1S/C15H22N4O2/c1-12-10-13(17)4-5-14(12)18-15(20)11-19(7-3-6-16)8-9-21-2/h4-5,10H,3,7-9,11,17H2,1-2H3,(H,18,20). The molecule has 0 saturated heterocycles. The summed E-state index contributed by atoms with van der Waals surface area (Å²) in [7, 11) is 1.61. The normalized spacial score (nSPS) is 10.4. The minimum atomic E-state index is -0.114. The Hall–Kier alpha value is -2.10. The van der Waals surface area contributed by atoms with E-state index in [1.165, 1.54) is 0 Å². The quantitative estimate of drug-likeness (QED) is 0.706. The van der Waals surface area contributed by atoms with Crippen LogP contribution in [-0.2, 0) is 9.53 Å². The zero-order valence-corrected chi connectivity index (χ0v) is 12.6. The van der Waals surface area contributed by atoms with Gasteiger partial charge in [-0.3, -0.25) is 9.69 Å². The van der Waals surface area contributed by atoms with Crippen LogP contribution in [0.2, 0.25) is 0 Å². The van der Waals surface area contributed by atoms with Crippen molar-refractivity contribution >= 4 is 17.3 Å². The third kappa shape index (κ3) is 6.25. The number of carbonyl (C=O) groups excluding carboxylic acids is 1. The fourth-order valence-corrected chi connectivity index (χ4v) is 1.92. The van der Waals surface area contributed by atoms with E-state index < -0.39 is 0 Å². The summed E-state index contributed by atoms with van der Waals surface area (Å²) >= 11 is 0. The highest BCUT2D eigenvalue weighted by molar-refractivity contribution is 5.93. The maximum Gasteiger partial charge on any atom is 0.238 e. The number of methoxy groups -OCH3 is 1. The second-order valence-corrected chi connectivity index (χ2v) is 4.80. The van der Waals surface area contributed by atoms with Gasteiger partial charge in [-0.2, -0.15) is 5.26 Å². The Balaban J connectivity index is 2.58. The van der Waals surface area contributed by atoms with Crippen LogP contribution in [0.4, 0.5) is 11.4 Å². The lowest BCUT2D eigenvalue weighted by Gasteiger charge is -2.20. The summed E-state index contributed by atoms with van der Waals surface area (Å²) in [6, 6.07) is 7.44. The lowest BCUT2D eigenvalue weighted by molar-refractivity contribution is -0.117. The lowest BCUT2D eigenvalue weighted by atomic mass is 10.2. The Kier molecular flexibility index (Phi) is 7.23. The first kappa shape index (κ1) is 17.0. The molecule has 0 spiro atoms. The number of nitriles is 1. The number of anilines is 2. The van der Waals surface area contributed by atoms with Gasteiger partial charge in [0, 0.05) is 38.0 Å². The summed E-state index contributed by atoms with van der Waals surface area (Å²) in [5, 5.41) is 11.5. The van der Waals surface area contributed by atoms with Crippen LogP contribution in [0.3, 0.4) is 0 Å². The summed E-state index contributed by atoms with van der Waals surface area (Å²) in [5.74, 6) is -0.114. The fourth-order valence-electron chi connectivity index (χ4n) is 1.92. The molecule has 0 atom stereocenters. The molecule has 0 bridgehead atoms. The number of hydrogen-bond donors (Lipinski definition) is 2. The molecule has 0 aliphatic rings. The highest BCUT2D eigenvalue weighted by Gasteiger charge is 2.11. The van der Waals surface area contributed by atoms with Crippen LogP contribution in [-0.4, -0.2) is 44.2 Å². The zero-order valence-electron chi connectivity index (χ0n) is 12.6. The van der Waals surface area contributed by atoms with Gasteiger partial charge in [-0.05, 0) is 30.7 Å². The maximum absolute atomic E-state index is 12.1. The number of benzene rings is 1. The SMILES string of the molecule is COCCN(CCC#N)CC(=O)Nc1ccc(N)cc1C. The van der Waals surface area contributed by atoms with Crippen molar-refractivity contribution in [1.29, 1.82) is 5.26 Å². The molecule has 0 radical (unpaired) electrons. The molecule has 1 aromatic carbocycles. The fraction of sp³-hybridized carbons (Fsp3) is 0.467. The Bertz CT molecular complexity index is 511. The summed E-state index contributed by atoms with van der Waals surface area (Å²) in [5.41, 5.74) is 8.02. The van der Waals surface area contributed by atoms with Crippen LogP contribution in [0, 0.1) is 18.3 Å². The van der Waals surface area contributed by atoms with Crippen molar-refractivity contribution < 1.29 is 9.53 Å². The van der Waals surface area contributed by atoms with E-state index in [0.717, 1.165) is 11.3 Å². The first-order valence-corrected chi connectivity index (χ1v) is 6.81. The molecule has 0 aromatic heterocycles. The summed E-state index contributed by atoms with van der Waals surface area (Å²) in [4.78, 5) is 14.0. The monoisotopic (exact) mass is 290 g/mol. The topological polar surface area (TPSA) is 91.4 Å². The number of ether oxygens (including phenoxy) is 1. The minimum absolute atomic E-state index is 0.114. The molecule has 6 heteroatoms. The lowest BCUT2D eigenvalue weighted by Crippen LogP contribution is -2.36. The van der Waals surface area contributed by atoms with Crippen LogP contribution in [0.25, 0.3) is 0 Å². The van der Waals surface area contributed by atoms with Crippen molar-refractivity contribution in [1.82, 2.24) is 4.90 Å². The van der Waals surface area contributed by atoms with Crippen LogP contribution < -0.4 is 11.1 Å². The van der Waals surface area contributed by atoms with E-state index in [-0.39, 0.29) is 12.5 Å². The first-order valence-electron chi connectivity index (χ1n) is 6.81. The highest BCUT2D eigenvalue weighted by atomic mass is 16.5. The molecule has 1 rings (SSSR count). The third-order valence-electron chi connectivity index (χ3n) is 3.04. The predicted octanol–water partition coefficient (Wildman–Crippen LogP) is 1.38. The van der Waals surface area contributed by atoms with Gasteiger partial charge in [0.1, 0.15) is 0 Å². The van der Waals surface area contributed by atoms with Gasteiger partial charge in [-0.25, -0.2) is 0 Å². The molecule has 21 heavy (non-hydrogen) atoms. The van der Waals surface area contributed by atoms with E-state index in [4.69, 9.17) is 15.7 Å². The smallest absolute Gasteiger partial charge is 0.238 e. The average Bonchev–Trinajstić information content (AvgIpc) is 2.45. The zero-order chi connectivity index (χ0) is 15.7. The number of nitrogens with zero attached hydrogens (tertiary/aromatic N) is 2. The van der Waals surface area contributed by atoms with E-state index in [2.05, 4.69) is 11.4 Å².